The highest BCUT2D eigenvalue weighted by molar-refractivity contribution is 7.99. The summed E-state index contributed by atoms with van der Waals surface area (Å²) < 4.78 is 31.5. The Bertz CT molecular complexity index is 1100. The van der Waals surface area contributed by atoms with Gasteiger partial charge < -0.3 is 9.90 Å². The van der Waals surface area contributed by atoms with Crippen LogP contribution < -0.4 is 5.11 Å². The Morgan fingerprint density at radius 1 is 0.606 bits per heavy atom. The van der Waals surface area contributed by atoms with E-state index in [2.05, 4.69) is 115 Å². The van der Waals surface area contributed by atoms with Gasteiger partial charge in [0.1, 0.15) is 5.97 Å². The number of carboxylic acids is 1. The Labute approximate surface area is 197 Å². The van der Waals surface area contributed by atoms with Crippen LogP contribution in [0.1, 0.15) is 0 Å². The van der Waals surface area contributed by atoms with Crippen molar-refractivity contribution in [1.82, 2.24) is 0 Å². The van der Waals surface area contributed by atoms with Gasteiger partial charge in [-0.15, -0.1) is 0 Å². The van der Waals surface area contributed by atoms with Crippen molar-refractivity contribution in [2.45, 2.75) is 30.7 Å². The number of hydrogen-bond acceptors (Lipinski definition) is 3. The standard InChI is InChI=1S/C24H19S2.C2HF3O2/c1-4-10-20(11-5-1)25-21-16-18-24(19-17-21)26(22-12-6-2-7-13-22)23-14-8-3-9-15-23;3-2(4,5)1(6)7/h1-19H;(H,6,7)/q+1;/p-1. The number of benzene rings is 4. The molecule has 0 unspecified atom stereocenters. The van der Waals surface area contributed by atoms with Gasteiger partial charge in [0.05, 0.1) is 10.9 Å². The maximum absolute atomic E-state index is 10.5. The van der Waals surface area contributed by atoms with E-state index in [1.807, 2.05) is 0 Å². The summed E-state index contributed by atoms with van der Waals surface area (Å²) in [4.78, 5) is 15.4. The molecule has 2 nitrogen and oxygen atoms in total. The van der Waals surface area contributed by atoms with Crippen molar-refractivity contribution in [2.24, 2.45) is 0 Å². The Kier molecular flexibility index (Phi) is 8.63. The highest BCUT2D eigenvalue weighted by Gasteiger charge is 2.29. The lowest BCUT2D eigenvalue weighted by atomic mass is 10.3. The molecule has 0 aromatic heterocycles. The maximum Gasteiger partial charge on any atom is 0.430 e. The van der Waals surface area contributed by atoms with Crippen molar-refractivity contribution < 1.29 is 23.1 Å². The van der Waals surface area contributed by atoms with Crippen LogP contribution in [0.4, 0.5) is 13.2 Å². The number of carbonyl (C=O) groups is 1. The SMILES string of the molecule is O=C([O-])C(F)(F)F.c1ccc(Sc2ccc([S+](c3ccccc3)c3ccccc3)cc2)cc1. The van der Waals surface area contributed by atoms with Crippen LogP contribution in [-0.2, 0) is 15.7 Å². The third-order valence-electron chi connectivity index (χ3n) is 4.23. The smallest absolute Gasteiger partial charge is 0.430 e. The molecule has 0 radical (unpaired) electrons. The average molecular weight is 485 g/mol. The van der Waals surface area contributed by atoms with Crippen LogP contribution in [-0.4, -0.2) is 12.1 Å². The second-order valence-electron chi connectivity index (χ2n) is 6.60. The zero-order valence-electron chi connectivity index (χ0n) is 17.2. The summed E-state index contributed by atoms with van der Waals surface area (Å²) in [6.07, 6.45) is -5.19. The van der Waals surface area contributed by atoms with Crippen molar-refractivity contribution in [2.75, 3.05) is 0 Å². The first-order chi connectivity index (χ1) is 15.8. The zero-order valence-corrected chi connectivity index (χ0v) is 18.9. The lowest BCUT2D eigenvalue weighted by molar-refractivity contribution is -0.344. The molecule has 0 heterocycles. The van der Waals surface area contributed by atoms with Gasteiger partial charge >= 0.3 is 6.18 Å². The molecule has 0 spiro atoms. The lowest BCUT2D eigenvalue weighted by Gasteiger charge is -2.08. The van der Waals surface area contributed by atoms with Gasteiger partial charge in [-0.1, -0.05) is 66.4 Å². The average Bonchev–Trinajstić information content (AvgIpc) is 2.82. The molecule has 0 saturated heterocycles. The van der Waals surface area contributed by atoms with E-state index in [1.165, 1.54) is 24.5 Å². The molecule has 4 aromatic carbocycles. The Morgan fingerprint density at radius 2 is 0.939 bits per heavy atom. The van der Waals surface area contributed by atoms with Gasteiger partial charge in [0.25, 0.3) is 0 Å². The molecule has 0 aliphatic rings. The monoisotopic (exact) mass is 484 g/mol. The van der Waals surface area contributed by atoms with Crippen LogP contribution in [0.15, 0.2) is 140 Å². The summed E-state index contributed by atoms with van der Waals surface area (Å²) in [6.45, 7) is 0. The van der Waals surface area contributed by atoms with Crippen molar-refractivity contribution >= 4 is 28.6 Å². The summed E-state index contributed by atoms with van der Waals surface area (Å²) in [7, 11) is -0.0786. The van der Waals surface area contributed by atoms with Crippen LogP contribution >= 0.6 is 11.8 Å². The van der Waals surface area contributed by atoms with E-state index in [0.717, 1.165) is 0 Å². The molecule has 0 N–H and O–H groups in total. The Hall–Kier alpha value is -3.16. The number of carboxylic acid groups (broad SMARTS) is 1. The second-order valence-corrected chi connectivity index (χ2v) is 9.78. The summed E-state index contributed by atoms with van der Waals surface area (Å²) >= 11 is 1.80. The van der Waals surface area contributed by atoms with E-state index in [-0.39, 0.29) is 10.9 Å². The molecule has 0 aliphatic heterocycles. The number of halogens is 3. The minimum Gasteiger partial charge on any atom is -0.542 e. The minimum atomic E-state index is -5.19. The van der Waals surface area contributed by atoms with Crippen LogP contribution in [0.3, 0.4) is 0 Å². The normalized spacial score (nSPS) is 10.9. The van der Waals surface area contributed by atoms with Crippen LogP contribution in [0.2, 0.25) is 0 Å². The van der Waals surface area contributed by atoms with Gasteiger partial charge in [-0.3, -0.25) is 0 Å². The van der Waals surface area contributed by atoms with E-state index in [9.17, 15) is 13.2 Å². The lowest BCUT2D eigenvalue weighted by Crippen LogP contribution is -2.37. The third kappa shape index (κ3) is 7.44. The predicted octanol–water partition coefficient (Wildman–Crippen LogP) is 6.23. The molecule has 0 bridgehead atoms. The van der Waals surface area contributed by atoms with Crippen LogP contribution in [0.25, 0.3) is 0 Å². The summed E-state index contributed by atoms with van der Waals surface area (Å²) in [5.41, 5.74) is 0. The minimum absolute atomic E-state index is 0.0786. The Morgan fingerprint density at radius 3 is 1.33 bits per heavy atom. The van der Waals surface area contributed by atoms with Crippen molar-refractivity contribution in [3.05, 3.63) is 115 Å². The summed E-state index contributed by atoms with van der Waals surface area (Å²) in [6, 6.07) is 41.1. The van der Waals surface area contributed by atoms with Gasteiger partial charge in [-0.25, -0.2) is 0 Å². The number of alkyl halides is 3. The number of carbonyl (C=O) groups excluding carboxylic acids is 1. The molecule has 0 saturated carbocycles. The summed E-state index contributed by atoms with van der Waals surface area (Å²) in [5, 5.41) is 8.78. The van der Waals surface area contributed by atoms with Gasteiger partial charge in [0.15, 0.2) is 14.7 Å². The van der Waals surface area contributed by atoms with Crippen molar-refractivity contribution in [3.8, 4) is 0 Å². The van der Waals surface area contributed by atoms with Crippen molar-refractivity contribution in [1.29, 1.82) is 0 Å². The van der Waals surface area contributed by atoms with Crippen LogP contribution in [0.5, 0.6) is 0 Å². The van der Waals surface area contributed by atoms with E-state index in [4.69, 9.17) is 9.90 Å². The fraction of sp³-hybridized carbons (Fsp3) is 0.0385. The van der Waals surface area contributed by atoms with Gasteiger partial charge in [-0.05, 0) is 60.7 Å². The molecule has 7 heteroatoms. The first-order valence-electron chi connectivity index (χ1n) is 9.80. The molecule has 168 valence electrons. The summed E-state index contributed by atoms with van der Waals surface area (Å²) in [5.74, 6) is -3.01. The number of hydrogen-bond donors (Lipinski definition) is 0. The number of rotatable bonds is 5. The van der Waals surface area contributed by atoms with Gasteiger partial charge in [0.2, 0.25) is 0 Å². The zero-order chi connectivity index (χ0) is 23.7. The highest BCUT2D eigenvalue weighted by atomic mass is 32.2. The van der Waals surface area contributed by atoms with E-state index in [0.29, 0.717) is 0 Å². The molecule has 0 amide bonds. The molecule has 4 aromatic rings. The second kappa shape index (κ2) is 11.6. The predicted molar refractivity (Wildman–Crippen MR) is 123 cm³/mol. The molecule has 33 heavy (non-hydrogen) atoms. The number of aliphatic carboxylic acids is 1. The first kappa shape index (κ1) is 24.5. The fourth-order valence-electron chi connectivity index (χ4n) is 2.79. The maximum atomic E-state index is 10.5. The molecule has 4 rings (SSSR count). The fourth-order valence-corrected chi connectivity index (χ4v) is 5.71. The van der Waals surface area contributed by atoms with E-state index in [1.54, 1.807) is 11.8 Å². The van der Waals surface area contributed by atoms with Gasteiger partial charge in [0, 0.05) is 9.79 Å². The van der Waals surface area contributed by atoms with Crippen molar-refractivity contribution in [3.63, 3.8) is 0 Å². The topological polar surface area (TPSA) is 40.1 Å². The quantitative estimate of drug-likeness (QED) is 0.315. The molecular weight excluding hydrogens is 465 g/mol. The molecular formula is C26H19F3O2S2. The Balaban J connectivity index is 0.000000383. The molecule has 0 aliphatic carbocycles. The molecule has 0 fully saturated rings. The van der Waals surface area contributed by atoms with Crippen LogP contribution in [0, 0.1) is 0 Å². The third-order valence-corrected chi connectivity index (χ3v) is 7.47. The van der Waals surface area contributed by atoms with E-state index < -0.39 is 12.1 Å². The molecule has 0 atom stereocenters. The van der Waals surface area contributed by atoms with Gasteiger partial charge in [-0.2, -0.15) is 13.2 Å². The highest BCUT2D eigenvalue weighted by Crippen LogP contribution is 2.33. The van der Waals surface area contributed by atoms with E-state index >= 15 is 0 Å². The first-order valence-corrected chi connectivity index (χ1v) is 11.8. The largest absolute Gasteiger partial charge is 0.542 e.